The standard InChI is InChI=1S/C15H13F3N2O4/c1-9-7-10(24-2)3-4-11(9)12(14(22)20-23)5-6-13(19-8-21)15(16,17)18/h3-8H,1-2H3,(H,19,21)/b12-5+,13-6-. The summed E-state index contributed by atoms with van der Waals surface area (Å²) in [6.45, 7) is 1.59. The molecule has 0 atom stereocenters. The summed E-state index contributed by atoms with van der Waals surface area (Å²) in [5.41, 5.74) is -1.04. The summed E-state index contributed by atoms with van der Waals surface area (Å²) in [6, 6.07) is 4.43. The molecule has 0 saturated carbocycles. The van der Waals surface area contributed by atoms with E-state index in [1.807, 2.05) is 0 Å². The molecule has 0 spiro atoms. The van der Waals surface area contributed by atoms with Crippen LogP contribution in [0.3, 0.4) is 0 Å². The molecule has 1 aromatic carbocycles. The van der Waals surface area contributed by atoms with Crippen molar-refractivity contribution in [3.63, 3.8) is 0 Å². The number of allylic oxidation sites excluding steroid dienone is 3. The number of aryl methyl sites for hydroxylation is 1. The van der Waals surface area contributed by atoms with Crippen LogP contribution in [0.25, 0.3) is 5.57 Å². The fourth-order valence-corrected chi connectivity index (χ4v) is 1.85. The number of amides is 2. The predicted molar refractivity (Wildman–Crippen MR) is 79.8 cm³/mol. The van der Waals surface area contributed by atoms with Gasteiger partial charge < -0.3 is 10.1 Å². The highest BCUT2D eigenvalue weighted by molar-refractivity contribution is 6.20. The van der Waals surface area contributed by atoms with E-state index in [2.05, 4.69) is 5.18 Å². The smallest absolute Gasteiger partial charge is 0.431 e. The van der Waals surface area contributed by atoms with Gasteiger partial charge in [-0.1, -0.05) is 6.07 Å². The van der Waals surface area contributed by atoms with Gasteiger partial charge in [-0.05, 0) is 42.3 Å². The summed E-state index contributed by atoms with van der Waals surface area (Å²) in [6.07, 6.45) is -3.73. The molecule has 1 N–H and O–H groups in total. The zero-order chi connectivity index (χ0) is 18.3. The Balaban J connectivity index is 3.44. The predicted octanol–water partition coefficient (Wildman–Crippen LogP) is 2.87. The molecule has 1 aromatic rings. The second kappa shape index (κ2) is 8.04. The van der Waals surface area contributed by atoms with Crippen molar-refractivity contribution in [3.8, 4) is 5.75 Å². The molecule has 0 aliphatic rings. The number of methoxy groups -OCH3 is 1. The van der Waals surface area contributed by atoms with Crippen LogP contribution >= 0.6 is 0 Å². The maximum absolute atomic E-state index is 12.7. The third-order valence-corrected chi connectivity index (χ3v) is 2.97. The molecule has 0 saturated heterocycles. The van der Waals surface area contributed by atoms with Gasteiger partial charge >= 0.3 is 12.1 Å². The lowest BCUT2D eigenvalue weighted by atomic mass is 9.99. The van der Waals surface area contributed by atoms with Crippen LogP contribution in [-0.4, -0.2) is 25.6 Å². The van der Waals surface area contributed by atoms with Gasteiger partial charge in [-0.25, -0.2) is 0 Å². The Morgan fingerprint density at radius 3 is 2.42 bits per heavy atom. The number of carbonyl (C=O) groups is 2. The number of rotatable bonds is 6. The minimum absolute atomic E-state index is 0.148. The highest BCUT2D eigenvalue weighted by Gasteiger charge is 2.33. The number of nitroso groups, excluding NO2 is 1. The van der Waals surface area contributed by atoms with E-state index in [0.29, 0.717) is 17.4 Å². The Bertz CT molecular complexity index is 709. The van der Waals surface area contributed by atoms with E-state index < -0.39 is 17.8 Å². The topological polar surface area (TPSA) is 84.8 Å². The molecule has 0 fully saturated rings. The van der Waals surface area contributed by atoms with Gasteiger partial charge in [0, 0.05) is 5.18 Å². The van der Waals surface area contributed by atoms with E-state index in [0.717, 1.165) is 6.08 Å². The second-order valence-electron chi connectivity index (χ2n) is 4.50. The second-order valence-corrected chi connectivity index (χ2v) is 4.50. The van der Waals surface area contributed by atoms with Crippen molar-refractivity contribution in [1.82, 2.24) is 5.32 Å². The van der Waals surface area contributed by atoms with E-state index in [1.165, 1.54) is 24.6 Å². The SMILES string of the molecule is COc1ccc(/C(=C\C=C(/NC=O)C(F)(F)F)C(=O)N=O)c(C)c1. The van der Waals surface area contributed by atoms with Crippen molar-refractivity contribution in [2.24, 2.45) is 5.18 Å². The van der Waals surface area contributed by atoms with Gasteiger partial charge in [-0.3, -0.25) is 9.59 Å². The van der Waals surface area contributed by atoms with Crippen molar-refractivity contribution in [1.29, 1.82) is 0 Å². The lowest BCUT2D eigenvalue weighted by Crippen LogP contribution is -2.24. The molecule has 0 radical (unpaired) electrons. The lowest BCUT2D eigenvalue weighted by Gasteiger charge is -2.10. The molecule has 0 unspecified atom stereocenters. The first-order valence-electron chi connectivity index (χ1n) is 6.46. The highest BCUT2D eigenvalue weighted by atomic mass is 19.4. The average molecular weight is 342 g/mol. The Hall–Kier alpha value is -2.97. The molecule has 24 heavy (non-hydrogen) atoms. The molecule has 0 heterocycles. The van der Waals surface area contributed by atoms with Crippen molar-refractivity contribution in [3.05, 3.63) is 52.1 Å². The van der Waals surface area contributed by atoms with Gasteiger partial charge in [0.2, 0.25) is 6.41 Å². The summed E-state index contributed by atoms with van der Waals surface area (Å²) < 4.78 is 43.1. The van der Waals surface area contributed by atoms with Gasteiger partial charge in [0.05, 0.1) is 12.7 Å². The zero-order valence-corrected chi connectivity index (χ0v) is 12.7. The van der Waals surface area contributed by atoms with Gasteiger partial charge in [0.1, 0.15) is 11.4 Å². The molecule has 1 rings (SSSR count). The number of hydrogen-bond donors (Lipinski definition) is 1. The van der Waals surface area contributed by atoms with Gasteiger partial charge in [-0.15, -0.1) is 4.91 Å². The van der Waals surface area contributed by atoms with E-state index in [4.69, 9.17) is 4.74 Å². The largest absolute Gasteiger partial charge is 0.497 e. The summed E-state index contributed by atoms with van der Waals surface area (Å²) in [5, 5.41) is 3.74. The van der Waals surface area contributed by atoms with E-state index in [-0.39, 0.29) is 17.5 Å². The summed E-state index contributed by atoms with van der Waals surface area (Å²) in [7, 11) is 1.42. The Labute approximate surface area is 135 Å². The first kappa shape index (κ1) is 19.1. The third kappa shape index (κ3) is 4.77. The monoisotopic (exact) mass is 342 g/mol. The Kier molecular flexibility index (Phi) is 6.39. The number of carbonyl (C=O) groups excluding carboxylic acids is 2. The molecular formula is C15H13F3N2O4. The lowest BCUT2D eigenvalue weighted by molar-refractivity contribution is -0.116. The number of benzene rings is 1. The van der Waals surface area contributed by atoms with Crippen molar-refractivity contribution >= 4 is 17.9 Å². The van der Waals surface area contributed by atoms with Gasteiger partial charge in [-0.2, -0.15) is 13.2 Å². The number of halogens is 3. The molecule has 2 amide bonds. The zero-order valence-electron chi connectivity index (χ0n) is 12.7. The van der Waals surface area contributed by atoms with Gasteiger partial charge in [0.25, 0.3) is 0 Å². The van der Waals surface area contributed by atoms with Crippen LogP contribution in [0.1, 0.15) is 11.1 Å². The van der Waals surface area contributed by atoms with E-state index >= 15 is 0 Å². The summed E-state index contributed by atoms with van der Waals surface area (Å²) >= 11 is 0. The fourth-order valence-electron chi connectivity index (χ4n) is 1.85. The van der Waals surface area contributed by atoms with Crippen LogP contribution in [0, 0.1) is 11.8 Å². The van der Waals surface area contributed by atoms with Crippen LogP contribution in [0.15, 0.2) is 41.2 Å². The van der Waals surface area contributed by atoms with Crippen LogP contribution in [0.5, 0.6) is 5.75 Å². The molecule has 0 aliphatic heterocycles. The summed E-state index contributed by atoms with van der Waals surface area (Å²) in [5.74, 6) is -0.775. The van der Waals surface area contributed by atoms with Crippen LogP contribution in [0.4, 0.5) is 13.2 Å². The normalized spacial score (nSPS) is 12.5. The number of nitrogens with one attached hydrogen (secondary N) is 1. The maximum atomic E-state index is 12.7. The first-order chi connectivity index (χ1) is 11.2. The third-order valence-electron chi connectivity index (χ3n) is 2.97. The number of nitrogens with zero attached hydrogens (tertiary/aromatic N) is 1. The quantitative estimate of drug-likeness (QED) is 0.373. The summed E-state index contributed by atoms with van der Waals surface area (Å²) in [4.78, 5) is 32.5. The molecule has 6 nitrogen and oxygen atoms in total. The molecule has 128 valence electrons. The number of alkyl halides is 3. The fraction of sp³-hybridized carbons (Fsp3) is 0.200. The Morgan fingerprint density at radius 1 is 1.29 bits per heavy atom. The van der Waals surface area contributed by atoms with Crippen molar-refractivity contribution in [2.75, 3.05) is 7.11 Å². The molecular weight excluding hydrogens is 329 g/mol. The molecule has 9 heteroatoms. The molecule has 0 aliphatic carbocycles. The van der Waals surface area contributed by atoms with Crippen LogP contribution in [0.2, 0.25) is 0 Å². The Morgan fingerprint density at radius 2 is 1.96 bits per heavy atom. The molecule has 0 aromatic heterocycles. The number of ether oxygens (including phenoxy) is 1. The van der Waals surface area contributed by atoms with E-state index in [9.17, 15) is 27.7 Å². The van der Waals surface area contributed by atoms with Crippen molar-refractivity contribution < 1.29 is 27.5 Å². The first-order valence-corrected chi connectivity index (χ1v) is 6.46. The number of hydrogen-bond acceptors (Lipinski definition) is 4. The van der Waals surface area contributed by atoms with Crippen molar-refractivity contribution in [2.45, 2.75) is 13.1 Å². The average Bonchev–Trinajstić information content (AvgIpc) is 2.53. The molecule has 0 bridgehead atoms. The van der Waals surface area contributed by atoms with Crippen LogP contribution in [-0.2, 0) is 9.59 Å². The van der Waals surface area contributed by atoms with E-state index in [1.54, 1.807) is 13.0 Å². The minimum atomic E-state index is -4.84. The highest BCUT2D eigenvalue weighted by Crippen LogP contribution is 2.27. The van der Waals surface area contributed by atoms with Crippen LogP contribution < -0.4 is 10.1 Å². The van der Waals surface area contributed by atoms with Gasteiger partial charge in [0.15, 0.2) is 0 Å². The maximum Gasteiger partial charge on any atom is 0.431 e. The minimum Gasteiger partial charge on any atom is -0.497 e.